The van der Waals surface area contributed by atoms with Crippen molar-refractivity contribution in [1.82, 2.24) is 4.90 Å². The molecule has 2 fully saturated rings. The molecule has 0 spiro atoms. The first-order chi connectivity index (χ1) is 7.87. The Morgan fingerprint density at radius 2 is 2.18 bits per heavy atom. The molecule has 6 nitrogen and oxygen atoms in total. The predicted octanol–water partition coefficient (Wildman–Crippen LogP) is -0.127. The van der Waals surface area contributed by atoms with E-state index in [4.69, 9.17) is 21.4 Å². The average molecular weight is 284 g/mol. The molecule has 1 N–H and O–H groups in total. The van der Waals surface area contributed by atoms with Gasteiger partial charge in [-0.15, -0.1) is 0 Å². The first-order valence-corrected chi connectivity index (χ1v) is 7.41. The Labute approximate surface area is 104 Å². The number of hydrogen-bond acceptors (Lipinski definition) is 5. The van der Waals surface area contributed by atoms with Gasteiger partial charge in [0.1, 0.15) is 16.2 Å². The van der Waals surface area contributed by atoms with Gasteiger partial charge in [0.25, 0.3) is 0 Å². The number of rotatable bonds is 4. The highest BCUT2D eigenvalue weighted by Gasteiger charge is 2.59. The van der Waals surface area contributed by atoms with Gasteiger partial charge in [0.05, 0.1) is 6.61 Å². The lowest BCUT2D eigenvalue weighted by Crippen LogP contribution is -2.52. The molecule has 8 heteroatoms. The number of halogens is 1. The van der Waals surface area contributed by atoms with Crippen LogP contribution < -0.4 is 0 Å². The van der Waals surface area contributed by atoms with Crippen LogP contribution >= 0.6 is 11.6 Å². The predicted molar refractivity (Wildman–Crippen MR) is 60.6 cm³/mol. The second-order valence-corrected chi connectivity index (χ2v) is 7.09. The molecule has 1 heterocycles. The van der Waals surface area contributed by atoms with Gasteiger partial charge in [-0.2, -0.15) is 0 Å². The summed E-state index contributed by atoms with van der Waals surface area (Å²) < 4.78 is 29.2. The summed E-state index contributed by atoms with van der Waals surface area (Å²) in [4.78, 5) is 11.3. The van der Waals surface area contributed by atoms with E-state index in [0.29, 0.717) is 32.5 Å². The van der Waals surface area contributed by atoms with Crippen LogP contribution in [-0.2, 0) is 19.4 Å². The zero-order valence-corrected chi connectivity index (χ0v) is 10.7. The van der Waals surface area contributed by atoms with Crippen LogP contribution in [0.1, 0.15) is 12.8 Å². The molecule has 1 aliphatic carbocycles. The van der Waals surface area contributed by atoms with Gasteiger partial charge in [-0.3, -0.25) is 9.69 Å². The van der Waals surface area contributed by atoms with E-state index in [1.165, 1.54) is 0 Å². The van der Waals surface area contributed by atoms with Gasteiger partial charge in [-0.05, 0) is 12.8 Å². The Balaban J connectivity index is 2.16. The van der Waals surface area contributed by atoms with Gasteiger partial charge < -0.3 is 9.84 Å². The first kappa shape index (κ1) is 13.1. The molecule has 2 aliphatic rings. The number of morpholine rings is 1. The van der Waals surface area contributed by atoms with E-state index in [1.807, 2.05) is 0 Å². The van der Waals surface area contributed by atoms with E-state index >= 15 is 0 Å². The number of aliphatic carboxylic acids is 1. The highest BCUT2D eigenvalue weighted by Crippen LogP contribution is 2.47. The van der Waals surface area contributed by atoms with E-state index < -0.39 is 32.0 Å². The van der Waals surface area contributed by atoms with Crippen LogP contribution in [0.3, 0.4) is 0 Å². The topological polar surface area (TPSA) is 83.9 Å². The lowest BCUT2D eigenvalue weighted by Gasteiger charge is -2.36. The van der Waals surface area contributed by atoms with Gasteiger partial charge in [-0.25, -0.2) is 8.42 Å². The number of carboxylic acid groups (broad SMARTS) is 1. The minimum atomic E-state index is -3.66. The summed E-state index contributed by atoms with van der Waals surface area (Å²) in [5, 5.41) is 8.64. The summed E-state index contributed by atoms with van der Waals surface area (Å²) in [6.07, 6.45) is 0.957. The third kappa shape index (κ3) is 2.42. The molecule has 0 aromatic carbocycles. The summed E-state index contributed by atoms with van der Waals surface area (Å²) in [6, 6.07) is 0. The molecule has 0 aromatic heterocycles. The van der Waals surface area contributed by atoms with Crippen LogP contribution in [0.5, 0.6) is 0 Å². The van der Waals surface area contributed by atoms with E-state index in [2.05, 4.69) is 0 Å². The molecule has 0 amide bonds. The Hall–Kier alpha value is -0.370. The maximum atomic E-state index is 12.0. The number of hydrogen-bond donors (Lipinski definition) is 1. The number of nitrogens with zero attached hydrogens (tertiary/aromatic N) is 1. The van der Waals surface area contributed by atoms with Crippen molar-refractivity contribution in [2.24, 2.45) is 0 Å². The van der Waals surface area contributed by atoms with Crippen molar-refractivity contribution in [3.8, 4) is 0 Å². The van der Waals surface area contributed by atoms with Crippen molar-refractivity contribution in [3.63, 3.8) is 0 Å². The molecule has 0 radical (unpaired) electrons. The maximum absolute atomic E-state index is 12.0. The Bertz CT molecular complexity index is 419. The molecular formula is C9H14ClNO5S. The zero-order valence-electron chi connectivity index (χ0n) is 9.13. The smallest absolute Gasteiger partial charge is 0.318 e. The van der Waals surface area contributed by atoms with Crippen LogP contribution in [0.15, 0.2) is 0 Å². The van der Waals surface area contributed by atoms with E-state index in [0.717, 1.165) is 0 Å². The van der Waals surface area contributed by atoms with Crippen LogP contribution in [-0.4, -0.2) is 60.3 Å². The van der Waals surface area contributed by atoms with Crippen LogP contribution in [0.4, 0.5) is 0 Å². The number of alkyl halides is 1. The number of ether oxygens (including phenoxy) is 1. The lowest BCUT2D eigenvalue weighted by atomic mass is 10.4. The number of carboxylic acids is 1. The molecule has 1 saturated carbocycles. The molecule has 1 atom stereocenters. The fourth-order valence-electron chi connectivity index (χ4n) is 2.21. The van der Waals surface area contributed by atoms with Crippen molar-refractivity contribution < 1.29 is 23.1 Å². The molecule has 0 aromatic rings. The van der Waals surface area contributed by atoms with Crippen LogP contribution in [0, 0.1) is 0 Å². The molecule has 1 aliphatic heterocycles. The zero-order chi connectivity index (χ0) is 12.7. The molecular weight excluding hydrogens is 270 g/mol. The maximum Gasteiger partial charge on any atom is 0.318 e. The van der Waals surface area contributed by atoms with Crippen molar-refractivity contribution in [2.75, 3.05) is 25.4 Å². The molecule has 1 saturated heterocycles. The van der Waals surface area contributed by atoms with Crippen molar-refractivity contribution in [3.05, 3.63) is 0 Å². The Kier molecular flexibility index (Phi) is 3.37. The summed E-state index contributed by atoms with van der Waals surface area (Å²) in [5.41, 5.74) is -0.527. The van der Waals surface area contributed by atoms with Crippen molar-refractivity contribution in [2.45, 2.75) is 23.3 Å². The van der Waals surface area contributed by atoms with E-state index in [9.17, 15) is 13.2 Å². The van der Waals surface area contributed by atoms with E-state index in [1.54, 1.807) is 4.90 Å². The van der Waals surface area contributed by atoms with Crippen LogP contribution in [0.2, 0.25) is 0 Å². The van der Waals surface area contributed by atoms with Gasteiger partial charge in [0, 0.05) is 13.1 Å². The average Bonchev–Trinajstić information content (AvgIpc) is 2.96. The largest absolute Gasteiger partial charge is 0.480 e. The van der Waals surface area contributed by atoms with Gasteiger partial charge in [-0.1, -0.05) is 11.6 Å². The summed E-state index contributed by atoms with van der Waals surface area (Å²) in [7, 11) is -3.66. The third-order valence-corrected chi connectivity index (χ3v) is 5.89. The Morgan fingerprint density at radius 3 is 2.65 bits per heavy atom. The highest BCUT2D eigenvalue weighted by molar-refractivity contribution is 7.93. The second kappa shape index (κ2) is 4.38. The summed E-state index contributed by atoms with van der Waals surface area (Å²) >= 11 is 5.83. The molecule has 98 valence electrons. The third-order valence-electron chi connectivity index (χ3n) is 3.17. The molecule has 1 unspecified atom stereocenters. The monoisotopic (exact) mass is 283 g/mol. The minimum absolute atomic E-state index is 0.320. The lowest BCUT2D eigenvalue weighted by molar-refractivity contribution is -0.134. The highest BCUT2D eigenvalue weighted by atomic mass is 35.5. The van der Waals surface area contributed by atoms with Crippen molar-refractivity contribution in [1.29, 1.82) is 0 Å². The number of carbonyl (C=O) groups is 1. The van der Waals surface area contributed by atoms with E-state index in [-0.39, 0.29) is 0 Å². The normalized spacial score (nSPS) is 28.9. The van der Waals surface area contributed by atoms with Crippen molar-refractivity contribution >= 4 is 27.4 Å². The fourth-order valence-corrected chi connectivity index (χ4v) is 4.34. The van der Waals surface area contributed by atoms with Gasteiger partial charge in [0.2, 0.25) is 0 Å². The quantitative estimate of drug-likeness (QED) is 0.724. The summed E-state index contributed by atoms with van der Waals surface area (Å²) in [6.45, 7) is 1.17. The molecule has 17 heavy (non-hydrogen) atoms. The van der Waals surface area contributed by atoms with Gasteiger partial charge in [0.15, 0.2) is 9.84 Å². The summed E-state index contributed by atoms with van der Waals surface area (Å²) in [5.74, 6) is -2.14. The molecule has 2 rings (SSSR count). The van der Waals surface area contributed by atoms with Gasteiger partial charge >= 0.3 is 5.97 Å². The standard InChI is InChI=1S/C9H14ClNO5S/c10-7-5-11(3-4-16-7)9(1-2-9)17(14,15)6-8(12)13/h7H,1-6H2,(H,12,13). The van der Waals surface area contributed by atoms with Crippen LogP contribution in [0.25, 0.3) is 0 Å². The fraction of sp³-hybridized carbons (Fsp3) is 0.889. The SMILES string of the molecule is O=C(O)CS(=O)(=O)C1(N2CCOC(Cl)C2)CC1. The minimum Gasteiger partial charge on any atom is -0.480 e. The Morgan fingerprint density at radius 1 is 1.53 bits per heavy atom. The first-order valence-electron chi connectivity index (χ1n) is 5.32. The molecule has 0 bridgehead atoms. The second-order valence-electron chi connectivity index (χ2n) is 4.33. The number of sulfone groups is 1.